The van der Waals surface area contributed by atoms with Gasteiger partial charge in [-0.3, -0.25) is 9.59 Å². The van der Waals surface area contributed by atoms with E-state index in [1.165, 1.54) is 6.08 Å². The Bertz CT molecular complexity index is 602. The summed E-state index contributed by atoms with van der Waals surface area (Å²) in [7, 11) is 0. The van der Waals surface area contributed by atoms with E-state index < -0.39 is 5.97 Å². The predicted octanol–water partition coefficient (Wildman–Crippen LogP) is 1.58. The first-order chi connectivity index (χ1) is 9.08. The van der Waals surface area contributed by atoms with Crippen molar-refractivity contribution in [3.8, 4) is 0 Å². The van der Waals surface area contributed by atoms with Gasteiger partial charge >= 0.3 is 5.97 Å². The lowest BCUT2D eigenvalue weighted by Crippen LogP contribution is -2.28. The Morgan fingerprint density at radius 3 is 2.53 bits per heavy atom. The fraction of sp³-hybridized carbons (Fsp3) is 0.0714. The first-order valence-electron chi connectivity index (χ1n) is 5.61. The van der Waals surface area contributed by atoms with Crippen LogP contribution in [0.2, 0.25) is 0 Å². The van der Waals surface area contributed by atoms with Gasteiger partial charge in [-0.25, -0.2) is 0 Å². The number of carboxylic acids is 1. The first-order valence-corrected chi connectivity index (χ1v) is 6.02. The van der Waals surface area contributed by atoms with Crippen LogP contribution in [0.25, 0.3) is 5.57 Å². The van der Waals surface area contributed by atoms with Crippen LogP contribution in [-0.2, 0) is 9.59 Å². The topological polar surface area (TPSA) is 66.4 Å². The highest BCUT2D eigenvalue weighted by Gasteiger charge is 2.19. The van der Waals surface area contributed by atoms with Crippen LogP contribution in [0.1, 0.15) is 5.56 Å². The van der Waals surface area contributed by atoms with E-state index in [2.05, 4.69) is 5.32 Å². The Hall–Kier alpha value is -2.27. The van der Waals surface area contributed by atoms with E-state index in [1.54, 1.807) is 6.08 Å². The lowest BCUT2D eigenvalue weighted by molar-refractivity contribution is -0.135. The van der Waals surface area contributed by atoms with Gasteiger partial charge in [0.1, 0.15) is 6.54 Å². The van der Waals surface area contributed by atoms with Crippen LogP contribution >= 0.6 is 12.2 Å². The van der Waals surface area contributed by atoms with Gasteiger partial charge in [-0.15, -0.1) is 0 Å². The molecule has 2 rings (SSSR count). The number of aliphatic carboxylic acids is 1. The van der Waals surface area contributed by atoms with Crippen LogP contribution in [0.15, 0.2) is 48.2 Å². The molecule has 0 saturated heterocycles. The van der Waals surface area contributed by atoms with Crippen molar-refractivity contribution in [1.82, 2.24) is 5.32 Å². The first kappa shape index (κ1) is 13.2. The highest BCUT2D eigenvalue weighted by atomic mass is 32.1. The Morgan fingerprint density at radius 2 is 1.89 bits per heavy atom. The molecule has 0 amide bonds. The highest BCUT2D eigenvalue weighted by Crippen LogP contribution is 2.21. The minimum Gasteiger partial charge on any atom is -0.480 e. The van der Waals surface area contributed by atoms with Gasteiger partial charge in [-0.05, 0) is 11.6 Å². The van der Waals surface area contributed by atoms with Crippen molar-refractivity contribution in [2.24, 2.45) is 0 Å². The molecule has 0 aromatic heterocycles. The molecule has 0 bridgehead atoms. The molecule has 19 heavy (non-hydrogen) atoms. The number of rotatable bonds is 4. The molecule has 1 aromatic rings. The molecule has 0 saturated carbocycles. The summed E-state index contributed by atoms with van der Waals surface area (Å²) in [6.45, 7) is -0.270. The number of hydrogen-bond acceptors (Lipinski definition) is 4. The largest absolute Gasteiger partial charge is 0.480 e. The van der Waals surface area contributed by atoms with Gasteiger partial charge in [0.05, 0.1) is 10.6 Å². The van der Waals surface area contributed by atoms with E-state index >= 15 is 0 Å². The number of allylic oxidation sites excluding steroid dienone is 3. The Kier molecular flexibility index (Phi) is 3.87. The molecule has 0 radical (unpaired) electrons. The lowest BCUT2D eigenvalue weighted by atomic mass is 9.95. The molecular weight excluding hydrogens is 262 g/mol. The maximum absolute atomic E-state index is 12.0. The number of thiocarbonyl (C=S) groups is 1. The van der Waals surface area contributed by atoms with Crippen LogP contribution in [0.3, 0.4) is 0 Å². The molecule has 0 aliphatic heterocycles. The fourth-order valence-electron chi connectivity index (χ4n) is 1.71. The standard InChI is InChI=1S/C14H11NO3S/c16-12-7-11(15-8-14(17)18)13(19)6-10(12)9-4-2-1-3-5-9/h1-7,15H,8H2,(H,17,18). The minimum absolute atomic E-state index is 0.187. The number of benzene rings is 1. The molecule has 2 N–H and O–H groups in total. The quantitative estimate of drug-likeness (QED) is 0.815. The number of ketones is 1. The Labute approximate surface area is 115 Å². The van der Waals surface area contributed by atoms with Crippen molar-refractivity contribution < 1.29 is 14.7 Å². The van der Waals surface area contributed by atoms with Crippen LogP contribution < -0.4 is 5.32 Å². The summed E-state index contributed by atoms with van der Waals surface area (Å²) in [4.78, 5) is 22.9. The van der Waals surface area contributed by atoms with Crippen molar-refractivity contribution in [1.29, 1.82) is 0 Å². The third-order valence-corrected chi connectivity index (χ3v) is 2.93. The number of carbonyl (C=O) groups is 2. The molecule has 5 heteroatoms. The van der Waals surface area contributed by atoms with Crippen LogP contribution in [0.5, 0.6) is 0 Å². The van der Waals surface area contributed by atoms with E-state index in [-0.39, 0.29) is 12.3 Å². The number of hydrogen-bond donors (Lipinski definition) is 2. The summed E-state index contributed by atoms with van der Waals surface area (Å²) in [6.07, 6.45) is 2.94. The van der Waals surface area contributed by atoms with Crippen molar-refractivity contribution >= 4 is 34.4 Å². The van der Waals surface area contributed by atoms with Crippen molar-refractivity contribution in [3.63, 3.8) is 0 Å². The maximum atomic E-state index is 12.0. The summed E-state index contributed by atoms with van der Waals surface area (Å²) in [5.74, 6) is -1.19. The van der Waals surface area contributed by atoms with Crippen LogP contribution in [-0.4, -0.2) is 28.3 Å². The Morgan fingerprint density at radius 1 is 1.21 bits per heavy atom. The van der Waals surface area contributed by atoms with Gasteiger partial charge in [0, 0.05) is 11.6 Å². The van der Waals surface area contributed by atoms with Crippen LogP contribution in [0.4, 0.5) is 0 Å². The second kappa shape index (κ2) is 5.58. The zero-order valence-electron chi connectivity index (χ0n) is 9.92. The molecule has 1 aliphatic carbocycles. The van der Waals surface area contributed by atoms with Gasteiger partial charge in [0.15, 0.2) is 5.78 Å². The molecular formula is C14H11NO3S. The Balaban J connectivity index is 2.21. The zero-order chi connectivity index (χ0) is 13.8. The third-order valence-electron chi connectivity index (χ3n) is 2.60. The average molecular weight is 273 g/mol. The minimum atomic E-state index is -1.01. The summed E-state index contributed by atoms with van der Waals surface area (Å²) < 4.78 is 0. The molecule has 96 valence electrons. The fourth-order valence-corrected chi connectivity index (χ4v) is 1.96. The van der Waals surface area contributed by atoms with Crippen molar-refractivity contribution in [2.45, 2.75) is 0 Å². The molecule has 0 heterocycles. The second-order valence-electron chi connectivity index (χ2n) is 3.96. The molecule has 0 fully saturated rings. The third kappa shape index (κ3) is 3.14. The van der Waals surface area contributed by atoms with E-state index in [1.807, 2.05) is 30.3 Å². The normalized spacial score (nSPS) is 14.7. The molecule has 0 unspecified atom stereocenters. The summed E-state index contributed by atoms with van der Waals surface area (Å²) in [6, 6.07) is 9.21. The number of carboxylic acid groups (broad SMARTS) is 1. The molecule has 1 aromatic carbocycles. The van der Waals surface area contributed by atoms with Crippen molar-refractivity contribution in [2.75, 3.05) is 6.54 Å². The SMILES string of the molecule is O=C(O)CNC1=CC(=O)C(c2ccccc2)=CC1=S. The molecule has 1 aliphatic rings. The summed E-state index contributed by atoms with van der Waals surface area (Å²) in [5, 5.41) is 11.2. The van der Waals surface area contributed by atoms with Gasteiger partial charge in [0.2, 0.25) is 0 Å². The molecule has 4 nitrogen and oxygen atoms in total. The summed E-state index contributed by atoms with van der Waals surface area (Å²) >= 11 is 5.16. The number of nitrogens with one attached hydrogen (secondary N) is 1. The van der Waals surface area contributed by atoms with Crippen LogP contribution in [0, 0.1) is 0 Å². The van der Waals surface area contributed by atoms with Gasteiger partial charge in [0.25, 0.3) is 0 Å². The van der Waals surface area contributed by atoms with Gasteiger partial charge in [-0.1, -0.05) is 42.5 Å². The van der Waals surface area contributed by atoms with Gasteiger partial charge < -0.3 is 10.4 Å². The second-order valence-corrected chi connectivity index (χ2v) is 4.40. The highest BCUT2D eigenvalue weighted by molar-refractivity contribution is 7.81. The van der Waals surface area contributed by atoms with E-state index in [4.69, 9.17) is 17.3 Å². The average Bonchev–Trinajstić information content (AvgIpc) is 2.40. The van der Waals surface area contributed by atoms with Crippen molar-refractivity contribution in [3.05, 3.63) is 53.7 Å². The van der Waals surface area contributed by atoms with Gasteiger partial charge in [-0.2, -0.15) is 0 Å². The smallest absolute Gasteiger partial charge is 0.322 e. The molecule has 0 atom stereocenters. The molecule has 0 spiro atoms. The van der Waals surface area contributed by atoms with E-state index in [0.29, 0.717) is 16.1 Å². The summed E-state index contributed by atoms with van der Waals surface area (Å²) in [5.41, 5.74) is 1.69. The zero-order valence-corrected chi connectivity index (χ0v) is 10.7. The predicted molar refractivity (Wildman–Crippen MR) is 75.7 cm³/mol. The lowest BCUT2D eigenvalue weighted by Gasteiger charge is -2.15. The maximum Gasteiger partial charge on any atom is 0.322 e. The van der Waals surface area contributed by atoms with E-state index in [9.17, 15) is 9.59 Å². The number of carbonyl (C=O) groups excluding carboxylic acids is 1. The monoisotopic (exact) mass is 273 g/mol. The van der Waals surface area contributed by atoms with E-state index in [0.717, 1.165) is 5.56 Å².